The second-order valence-electron chi connectivity index (χ2n) is 2.43. The molecule has 0 saturated heterocycles. The van der Waals surface area contributed by atoms with Crippen molar-refractivity contribution < 1.29 is 14.7 Å². The number of carbonyl (C=O) groups is 2. The minimum Gasteiger partial charge on any atom is -0.478 e. The van der Waals surface area contributed by atoms with Gasteiger partial charge in [-0.15, -0.1) is 0 Å². The van der Waals surface area contributed by atoms with Gasteiger partial charge in [0.15, 0.2) is 5.78 Å². The Hall–Kier alpha value is -1.65. The lowest BCUT2D eigenvalue weighted by Gasteiger charge is -1.88. The molecule has 64 valence electrons. The van der Waals surface area contributed by atoms with Crippen molar-refractivity contribution in [3.8, 4) is 0 Å². The van der Waals surface area contributed by atoms with Crippen LogP contribution in [0.1, 0.15) is 27.8 Å². The van der Waals surface area contributed by atoms with Gasteiger partial charge in [-0.25, -0.2) is 4.79 Å². The van der Waals surface area contributed by atoms with Gasteiger partial charge in [0.05, 0.1) is 0 Å². The van der Waals surface area contributed by atoms with Crippen LogP contribution >= 0.6 is 0 Å². The summed E-state index contributed by atoms with van der Waals surface area (Å²) < 4.78 is 1.31. The lowest BCUT2D eigenvalue weighted by Crippen LogP contribution is -2.03. The number of aromatic nitrogens is 2. The topological polar surface area (TPSA) is 72.2 Å². The van der Waals surface area contributed by atoms with E-state index in [9.17, 15) is 9.59 Å². The third-order valence-electron chi connectivity index (χ3n) is 1.39. The average molecular weight is 168 g/mol. The molecule has 0 saturated carbocycles. The summed E-state index contributed by atoms with van der Waals surface area (Å²) in [6.07, 6.45) is 1.30. The second kappa shape index (κ2) is 2.77. The molecule has 0 spiro atoms. The number of hydrogen-bond acceptors (Lipinski definition) is 3. The molecule has 1 N–H and O–H groups in total. The quantitative estimate of drug-likeness (QED) is 0.645. The Balaban J connectivity index is 3.26. The smallest absolute Gasteiger partial charge is 0.339 e. The van der Waals surface area contributed by atoms with E-state index in [-0.39, 0.29) is 17.0 Å². The van der Waals surface area contributed by atoms with Gasteiger partial charge in [-0.05, 0) is 0 Å². The predicted octanol–water partition coefficient (Wildman–Crippen LogP) is 0.321. The number of rotatable bonds is 2. The number of hydrogen-bond donors (Lipinski definition) is 1. The summed E-state index contributed by atoms with van der Waals surface area (Å²) in [4.78, 5) is 21.4. The van der Waals surface area contributed by atoms with Crippen molar-refractivity contribution in [2.75, 3.05) is 0 Å². The highest BCUT2D eigenvalue weighted by atomic mass is 16.4. The Bertz CT molecular complexity index is 309. The highest BCUT2D eigenvalue weighted by Gasteiger charge is 2.17. The van der Waals surface area contributed by atoms with Gasteiger partial charge in [0.2, 0.25) is 0 Å². The van der Waals surface area contributed by atoms with Crippen LogP contribution in [0.2, 0.25) is 0 Å². The zero-order valence-corrected chi connectivity index (χ0v) is 6.74. The first-order valence-electron chi connectivity index (χ1n) is 3.30. The van der Waals surface area contributed by atoms with Crippen molar-refractivity contribution in [1.29, 1.82) is 0 Å². The van der Waals surface area contributed by atoms with E-state index in [0.29, 0.717) is 0 Å². The van der Waals surface area contributed by atoms with Crippen LogP contribution in [-0.2, 0) is 7.05 Å². The summed E-state index contributed by atoms with van der Waals surface area (Å²) in [5.41, 5.74) is -0.0463. The summed E-state index contributed by atoms with van der Waals surface area (Å²) in [5.74, 6) is -1.47. The molecule has 1 aromatic heterocycles. The van der Waals surface area contributed by atoms with E-state index >= 15 is 0 Å². The van der Waals surface area contributed by atoms with E-state index in [2.05, 4.69) is 5.10 Å². The number of Topliss-reactive ketones (excluding diaryl/α,β-unsaturated/α-hetero) is 1. The number of carboxylic acids is 1. The first-order valence-corrected chi connectivity index (χ1v) is 3.30. The number of nitrogens with zero attached hydrogens (tertiary/aromatic N) is 2. The first-order chi connectivity index (χ1) is 5.52. The van der Waals surface area contributed by atoms with Gasteiger partial charge in [0.25, 0.3) is 0 Å². The van der Waals surface area contributed by atoms with Crippen molar-refractivity contribution in [2.24, 2.45) is 7.05 Å². The summed E-state index contributed by atoms with van der Waals surface area (Å²) in [5, 5.41) is 12.3. The van der Waals surface area contributed by atoms with Crippen LogP contribution in [0.25, 0.3) is 0 Å². The molecule has 0 aliphatic carbocycles. The fourth-order valence-electron chi connectivity index (χ4n) is 0.905. The molecule has 0 unspecified atom stereocenters. The van der Waals surface area contributed by atoms with E-state index in [1.807, 2.05) is 0 Å². The Labute approximate surface area is 68.6 Å². The largest absolute Gasteiger partial charge is 0.478 e. The van der Waals surface area contributed by atoms with Gasteiger partial charge in [0, 0.05) is 20.2 Å². The fourth-order valence-corrected chi connectivity index (χ4v) is 0.905. The van der Waals surface area contributed by atoms with Gasteiger partial charge in [-0.1, -0.05) is 0 Å². The summed E-state index contributed by atoms with van der Waals surface area (Å²) >= 11 is 0. The number of ketones is 1. The maximum Gasteiger partial charge on any atom is 0.339 e. The van der Waals surface area contributed by atoms with E-state index in [4.69, 9.17) is 5.11 Å². The van der Waals surface area contributed by atoms with E-state index < -0.39 is 5.97 Å². The molecule has 0 aliphatic heterocycles. The van der Waals surface area contributed by atoms with Gasteiger partial charge in [0.1, 0.15) is 11.3 Å². The maximum absolute atomic E-state index is 10.8. The standard InChI is InChI=1S/C7H8N2O3/c1-4(10)6-5(7(11)12)3-9(2)8-6/h3H,1-2H3,(H,11,12). The number of carboxylic acid groups (broad SMARTS) is 1. The van der Waals surface area contributed by atoms with Crippen molar-refractivity contribution in [2.45, 2.75) is 6.92 Å². The average Bonchev–Trinajstić information content (AvgIpc) is 2.31. The van der Waals surface area contributed by atoms with Crippen LogP contribution in [0.3, 0.4) is 0 Å². The molecular weight excluding hydrogens is 160 g/mol. The SMILES string of the molecule is CC(=O)c1nn(C)cc1C(=O)O. The first kappa shape index (κ1) is 8.45. The van der Waals surface area contributed by atoms with Gasteiger partial charge >= 0.3 is 5.97 Å². The summed E-state index contributed by atoms with van der Waals surface area (Å²) in [7, 11) is 1.57. The summed E-state index contributed by atoms with van der Waals surface area (Å²) in [6.45, 7) is 1.29. The second-order valence-corrected chi connectivity index (χ2v) is 2.43. The third kappa shape index (κ3) is 1.34. The molecule has 0 amide bonds. The van der Waals surface area contributed by atoms with Crippen LogP contribution in [0.4, 0.5) is 0 Å². The van der Waals surface area contributed by atoms with Crippen LogP contribution in [0, 0.1) is 0 Å². The van der Waals surface area contributed by atoms with Gasteiger partial charge in [-0.3, -0.25) is 9.48 Å². The van der Waals surface area contributed by atoms with Crippen LogP contribution < -0.4 is 0 Å². The minimum atomic E-state index is -1.13. The van der Waals surface area contributed by atoms with E-state index in [1.165, 1.54) is 17.8 Å². The molecule has 12 heavy (non-hydrogen) atoms. The summed E-state index contributed by atoms with van der Waals surface area (Å²) in [6, 6.07) is 0. The Morgan fingerprint density at radius 3 is 2.50 bits per heavy atom. The molecule has 0 atom stereocenters. The molecule has 0 bridgehead atoms. The van der Waals surface area contributed by atoms with Crippen LogP contribution in [0.15, 0.2) is 6.20 Å². The predicted molar refractivity (Wildman–Crippen MR) is 40.2 cm³/mol. The molecule has 1 aromatic rings. The zero-order chi connectivity index (χ0) is 9.30. The molecule has 0 aliphatic rings. The van der Waals surface area contributed by atoms with E-state index in [1.54, 1.807) is 7.05 Å². The maximum atomic E-state index is 10.8. The number of aryl methyl sites for hydroxylation is 1. The lowest BCUT2D eigenvalue weighted by molar-refractivity contribution is 0.0692. The van der Waals surface area contributed by atoms with Gasteiger partial charge < -0.3 is 5.11 Å². The number of carbonyl (C=O) groups excluding carboxylic acids is 1. The Kier molecular flexibility index (Phi) is 1.95. The number of aromatic carboxylic acids is 1. The fraction of sp³-hybridized carbons (Fsp3) is 0.286. The molecule has 0 fully saturated rings. The van der Waals surface area contributed by atoms with Crippen LogP contribution in [-0.4, -0.2) is 26.6 Å². The zero-order valence-electron chi connectivity index (χ0n) is 6.74. The third-order valence-corrected chi connectivity index (χ3v) is 1.39. The molecule has 0 aromatic carbocycles. The molecule has 5 heteroatoms. The molecule has 1 heterocycles. The Morgan fingerprint density at radius 2 is 2.17 bits per heavy atom. The van der Waals surface area contributed by atoms with Crippen molar-refractivity contribution in [3.63, 3.8) is 0 Å². The van der Waals surface area contributed by atoms with Crippen molar-refractivity contribution >= 4 is 11.8 Å². The minimum absolute atomic E-state index is 0.00463. The van der Waals surface area contributed by atoms with Crippen molar-refractivity contribution in [1.82, 2.24) is 9.78 Å². The Morgan fingerprint density at radius 1 is 1.58 bits per heavy atom. The van der Waals surface area contributed by atoms with Gasteiger partial charge in [-0.2, -0.15) is 5.10 Å². The van der Waals surface area contributed by atoms with Crippen LogP contribution in [0.5, 0.6) is 0 Å². The highest BCUT2D eigenvalue weighted by molar-refractivity contribution is 6.03. The monoisotopic (exact) mass is 168 g/mol. The van der Waals surface area contributed by atoms with Crippen molar-refractivity contribution in [3.05, 3.63) is 17.5 Å². The lowest BCUT2D eigenvalue weighted by atomic mass is 10.2. The molecular formula is C7H8N2O3. The molecule has 1 rings (SSSR count). The molecule has 5 nitrogen and oxygen atoms in total. The van der Waals surface area contributed by atoms with E-state index in [0.717, 1.165) is 0 Å². The highest BCUT2D eigenvalue weighted by Crippen LogP contribution is 2.06. The normalized spacial score (nSPS) is 9.83. The molecule has 0 radical (unpaired) electrons.